The van der Waals surface area contributed by atoms with Crippen LogP contribution in [-0.4, -0.2) is 42.8 Å². The molecule has 0 aromatic carbocycles. The Morgan fingerprint density at radius 3 is 2.29 bits per heavy atom. The number of hydrogen-bond acceptors (Lipinski definition) is 4. The molecule has 2 aliphatic rings. The molecule has 2 rings (SSSR count). The van der Waals surface area contributed by atoms with E-state index >= 15 is 0 Å². The Morgan fingerprint density at radius 1 is 1.29 bits per heavy atom. The van der Waals surface area contributed by atoms with Crippen molar-refractivity contribution in [3.8, 4) is 0 Å². The van der Waals surface area contributed by atoms with E-state index in [0.717, 1.165) is 24.8 Å². The molecule has 1 saturated heterocycles. The third-order valence-corrected chi connectivity index (χ3v) is 4.45. The van der Waals surface area contributed by atoms with E-state index in [4.69, 9.17) is 9.47 Å². The lowest BCUT2D eigenvalue weighted by Crippen LogP contribution is -2.54. The lowest BCUT2D eigenvalue weighted by Gasteiger charge is -2.53. The van der Waals surface area contributed by atoms with Gasteiger partial charge in [0.05, 0.1) is 13.0 Å². The maximum Gasteiger partial charge on any atom is 0.410 e. The first kappa shape index (κ1) is 15.9. The first-order chi connectivity index (χ1) is 9.68. The molecule has 1 aliphatic heterocycles. The van der Waals surface area contributed by atoms with E-state index < -0.39 is 5.60 Å². The summed E-state index contributed by atoms with van der Waals surface area (Å²) in [5.74, 6) is -0.403. The van der Waals surface area contributed by atoms with Crippen molar-refractivity contribution in [1.82, 2.24) is 4.90 Å². The third-order valence-electron chi connectivity index (χ3n) is 4.45. The van der Waals surface area contributed by atoms with Gasteiger partial charge in [-0.05, 0) is 45.4 Å². The van der Waals surface area contributed by atoms with Gasteiger partial charge in [-0.15, -0.1) is 0 Å². The Labute approximate surface area is 126 Å². The summed E-state index contributed by atoms with van der Waals surface area (Å²) in [4.78, 5) is 25.7. The maximum absolute atomic E-state index is 12.1. The Hall–Kier alpha value is -1.52. The highest BCUT2D eigenvalue weighted by Gasteiger charge is 2.55. The number of likely N-dealkylation sites (tertiary alicyclic amines) is 1. The fourth-order valence-electron chi connectivity index (χ4n) is 3.42. The number of ether oxygens (including phenoxy) is 2. The second-order valence-electron chi connectivity index (χ2n) is 7.12. The topological polar surface area (TPSA) is 55.8 Å². The van der Waals surface area contributed by atoms with Crippen molar-refractivity contribution >= 4 is 12.1 Å². The molecule has 0 radical (unpaired) electrons. The summed E-state index contributed by atoms with van der Waals surface area (Å²) >= 11 is 0. The molecule has 0 aromatic rings. The Kier molecular flexibility index (Phi) is 4.04. The molecule has 1 saturated carbocycles. The molecular formula is C16H25NO4. The van der Waals surface area contributed by atoms with Crippen LogP contribution < -0.4 is 0 Å². The third kappa shape index (κ3) is 3.06. The second-order valence-corrected chi connectivity index (χ2v) is 7.12. The highest BCUT2D eigenvalue weighted by atomic mass is 16.6. The van der Waals surface area contributed by atoms with Gasteiger partial charge in [0, 0.05) is 13.1 Å². The van der Waals surface area contributed by atoms with Gasteiger partial charge >= 0.3 is 12.1 Å². The van der Waals surface area contributed by atoms with E-state index in [2.05, 4.69) is 6.58 Å². The van der Waals surface area contributed by atoms with Crippen molar-refractivity contribution < 1.29 is 19.1 Å². The molecule has 1 spiro atoms. The van der Waals surface area contributed by atoms with Crippen molar-refractivity contribution in [2.75, 3.05) is 20.2 Å². The van der Waals surface area contributed by atoms with E-state index in [9.17, 15) is 9.59 Å². The van der Waals surface area contributed by atoms with Crippen LogP contribution in [0.25, 0.3) is 0 Å². The molecule has 118 valence electrons. The fourth-order valence-corrected chi connectivity index (χ4v) is 3.42. The van der Waals surface area contributed by atoms with Crippen molar-refractivity contribution in [3.05, 3.63) is 12.2 Å². The second kappa shape index (κ2) is 5.35. The molecule has 1 atom stereocenters. The molecule has 0 N–H and O–H groups in total. The van der Waals surface area contributed by atoms with Crippen LogP contribution in [0.2, 0.25) is 0 Å². The molecule has 5 nitrogen and oxygen atoms in total. The van der Waals surface area contributed by atoms with Crippen LogP contribution in [0.15, 0.2) is 12.2 Å². The predicted octanol–water partition coefficient (Wildman–Crippen LogP) is 2.75. The maximum atomic E-state index is 12.1. The highest BCUT2D eigenvalue weighted by Crippen LogP contribution is 2.56. The summed E-state index contributed by atoms with van der Waals surface area (Å²) in [5, 5.41) is 0. The first-order valence-electron chi connectivity index (χ1n) is 7.42. The number of amides is 1. The van der Waals surface area contributed by atoms with Gasteiger partial charge in [0.2, 0.25) is 0 Å². The number of carbonyl (C=O) groups is 2. The number of piperidine rings is 1. The van der Waals surface area contributed by atoms with Crippen LogP contribution in [0.1, 0.15) is 40.0 Å². The van der Waals surface area contributed by atoms with Crippen LogP contribution in [0.4, 0.5) is 4.79 Å². The van der Waals surface area contributed by atoms with E-state index in [1.165, 1.54) is 7.11 Å². The quantitative estimate of drug-likeness (QED) is 0.551. The number of hydrogen-bond donors (Lipinski definition) is 0. The lowest BCUT2D eigenvalue weighted by atomic mass is 9.53. The number of esters is 1. The predicted molar refractivity (Wildman–Crippen MR) is 78.7 cm³/mol. The van der Waals surface area contributed by atoms with Crippen LogP contribution in [-0.2, 0) is 14.3 Å². The molecule has 1 heterocycles. The van der Waals surface area contributed by atoms with Gasteiger partial charge in [-0.25, -0.2) is 4.79 Å². The largest absolute Gasteiger partial charge is 0.469 e. The molecule has 0 bridgehead atoms. The molecular weight excluding hydrogens is 270 g/mol. The molecule has 5 heteroatoms. The summed E-state index contributed by atoms with van der Waals surface area (Å²) in [6.45, 7) is 10.8. The minimum atomic E-state index is -0.481. The van der Waals surface area contributed by atoms with Gasteiger partial charge in [-0.2, -0.15) is 0 Å². The van der Waals surface area contributed by atoms with Crippen molar-refractivity contribution in [2.45, 2.75) is 45.6 Å². The fraction of sp³-hybridized carbons (Fsp3) is 0.750. The summed E-state index contributed by atoms with van der Waals surface area (Å²) in [7, 11) is 1.41. The molecule has 0 aromatic heterocycles. The van der Waals surface area contributed by atoms with E-state index in [1.54, 1.807) is 4.90 Å². The minimum Gasteiger partial charge on any atom is -0.469 e. The van der Waals surface area contributed by atoms with Gasteiger partial charge in [-0.3, -0.25) is 4.79 Å². The van der Waals surface area contributed by atoms with E-state index in [0.29, 0.717) is 13.1 Å². The van der Waals surface area contributed by atoms with E-state index in [-0.39, 0.29) is 23.4 Å². The minimum absolute atomic E-state index is 0.0668. The van der Waals surface area contributed by atoms with Gasteiger partial charge in [0.25, 0.3) is 0 Å². The van der Waals surface area contributed by atoms with Gasteiger partial charge < -0.3 is 14.4 Å². The summed E-state index contributed by atoms with van der Waals surface area (Å²) in [6, 6.07) is 0. The Morgan fingerprint density at radius 2 is 1.86 bits per heavy atom. The zero-order valence-corrected chi connectivity index (χ0v) is 13.4. The molecule has 1 unspecified atom stereocenters. The van der Waals surface area contributed by atoms with Gasteiger partial charge in [-0.1, -0.05) is 12.2 Å². The molecule has 1 amide bonds. The van der Waals surface area contributed by atoms with Gasteiger partial charge in [0.15, 0.2) is 0 Å². The average Bonchev–Trinajstić information content (AvgIpc) is 2.36. The number of methoxy groups -OCH3 is 1. The molecule has 2 fully saturated rings. The summed E-state index contributed by atoms with van der Waals surface area (Å²) in [5.41, 5.74) is 0.404. The summed E-state index contributed by atoms with van der Waals surface area (Å²) < 4.78 is 10.3. The number of rotatable bonds is 1. The first-order valence-corrected chi connectivity index (χ1v) is 7.42. The monoisotopic (exact) mass is 295 g/mol. The van der Waals surface area contributed by atoms with Crippen molar-refractivity contribution in [3.63, 3.8) is 0 Å². The van der Waals surface area contributed by atoms with Crippen LogP contribution in [0.3, 0.4) is 0 Å². The Bertz CT molecular complexity index is 455. The number of carbonyl (C=O) groups excluding carboxylic acids is 2. The van der Waals surface area contributed by atoms with Crippen LogP contribution >= 0.6 is 0 Å². The Balaban J connectivity index is 1.96. The average molecular weight is 295 g/mol. The molecule has 1 aliphatic carbocycles. The van der Waals surface area contributed by atoms with E-state index in [1.807, 2.05) is 20.8 Å². The zero-order valence-electron chi connectivity index (χ0n) is 13.4. The van der Waals surface area contributed by atoms with Gasteiger partial charge in [0.1, 0.15) is 5.60 Å². The molecule has 21 heavy (non-hydrogen) atoms. The standard InChI is InChI=1S/C16H25NO4/c1-11-10-16(12(11)13(18)20-5)6-8-17(9-7-16)14(19)21-15(2,3)4/h12H,1,6-10H2,2-5H3. The zero-order chi connectivity index (χ0) is 15.8. The SMILES string of the molecule is C=C1CC2(CCN(C(=O)OC(C)(C)C)CC2)C1C(=O)OC. The summed E-state index contributed by atoms with van der Waals surface area (Å²) in [6.07, 6.45) is 2.18. The van der Waals surface area contributed by atoms with Crippen LogP contribution in [0, 0.1) is 11.3 Å². The van der Waals surface area contributed by atoms with Crippen LogP contribution in [0.5, 0.6) is 0 Å². The lowest BCUT2D eigenvalue weighted by molar-refractivity contribution is -0.154. The smallest absolute Gasteiger partial charge is 0.410 e. The van der Waals surface area contributed by atoms with Crippen molar-refractivity contribution in [1.29, 1.82) is 0 Å². The normalized spacial score (nSPS) is 24.5. The number of nitrogens with zero attached hydrogens (tertiary/aromatic N) is 1. The van der Waals surface area contributed by atoms with Crippen molar-refractivity contribution in [2.24, 2.45) is 11.3 Å². The highest BCUT2D eigenvalue weighted by molar-refractivity contribution is 5.79.